The van der Waals surface area contributed by atoms with Crippen LogP contribution in [-0.2, 0) is 15.5 Å². The molecule has 1 atom stereocenters. The van der Waals surface area contributed by atoms with E-state index in [-0.39, 0.29) is 30.8 Å². The maximum absolute atomic E-state index is 16.4. The topological polar surface area (TPSA) is 89.1 Å². The number of nitrogens with zero attached hydrogens (tertiary/aromatic N) is 1. The van der Waals surface area contributed by atoms with E-state index in [2.05, 4.69) is 17.0 Å². The predicted octanol–water partition coefficient (Wildman–Crippen LogP) is 8.61. The smallest absolute Gasteiger partial charge is 0.407 e. The van der Waals surface area contributed by atoms with Crippen LogP contribution in [0.2, 0.25) is 0 Å². The molecule has 2 amide bonds. The van der Waals surface area contributed by atoms with E-state index in [0.717, 1.165) is 54.2 Å². The minimum Gasteiger partial charge on any atom is -0.494 e. The Balaban J connectivity index is 1.29. The summed E-state index contributed by atoms with van der Waals surface area (Å²) in [4.78, 5) is 28.3. The molecule has 3 aromatic rings. The van der Waals surface area contributed by atoms with Crippen molar-refractivity contribution >= 4 is 34.7 Å². The monoisotopic (exact) mass is 697 g/mol. The highest BCUT2D eigenvalue weighted by atomic mass is 32.2. The van der Waals surface area contributed by atoms with Crippen molar-refractivity contribution in [2.24, 2.45) is 0 Å². The maximum Gasteiger partial charge on any atom is 0.407 e. The first-order valence-corrected chi connectivity index (χ1v) is 18.3. The molecule has 11 heteroatoms. The van der Waals surface area contributed by atoms with Gasteiger partial charge in [-0.2, -0.15) is 8.78 Å². The van der Waals surface area contributed by atoms with Gasteiger partial charge in [0.25, 0.3) is 5.92 Å². The van der Waals surface area contributed by atoms with Crippen molar-refractivity contribution in [2.45, 2.75) is 114 Å². The van der Waals surface area contributed by atoms with Crippen LogP contribution in [0.4, 0.5) is 13.6 Å². The van der Waals surface area contributed by atoms with Crippen molar-refractivity contribution in [2.75, 3.05) is 19.7 Å². The van der Waals surface area contributed by atoms with Gasteiger partial charge in [-0.15, -0.1) is 0 Å². The zero-order valence-electron chi connectivity index (χ0n) is 28.9. The third-order valence-corrected chi connectivity index (χ3v) is 9.67. The molecule has 2 aliphatic rings. The van der Waals surface area contributed by atoms with E-state index in [9.17, 15) is 9.59 Å². The SMILES string of the molecule is CCCCOc1ccc(C(F)(F)C(NSc2ccc3cc(OC4CCCC4)ccc3c2)C(=O)N2CCC(NC(=O)OC(C)(C)C)CC2)cc1. The van der Waals surface area contributed by atoms with E-state index in [4.69, 9.17) is 14.2 Å². The Kier molecular flexibility index (Phi) is 12.3. The summed E-state index contributed by atoms with van der Waals surface area (Å²) in [7, 11) is 0. The molecule has 2 fully saturated rings. The zero-order chi connectivity index (χ0) is 35.0. The minimum absolute atomic E-state index is 0.220. The molecule has 266 valence electrons. The molecule has 0 radical (unpaired) electrons. The number of unbranched alkanes of at least 4 members (excludes halogenated alkanes) is 1. The summed E-state index contributed by atoms with van der Waals surface area (Å²) in [6.07, 6.45) is 6.93. The lowest BCUT2D eigenvalue weighted by atomic mass is 9.98. The van der Waals surface area contributed by atoms with E-state index < -0.39 is 29.6 Å². The van der Waals surface area contributed by atoms with E-state index in [0.29, 0.717) is 30.1 Å². The molecule has 1 saturated carbocycles. The molecule has 5 rings (SSSR count). The molecule has 2 N–H and O–H groups in total. The van der Waals surface area contributed by atoms with E-state index in [1.807, 2.05) is 36.4 Å². The summed E-state index contributed by atoms with van der Waals surface area (Å²) in [6.45, 7) is 8.36. The number of amides is 2. The molecule has 1 heterocycles. The summed E-state index contributed by atoms with van der Waals surface area (Å²) in [6, 6.07) is 15.3. The van der Waals surface area contributed by atoms with Crippen LogP contribution in [0.3, 0.4) is 0 Å². The van der Waals surface area contributed by atoms with Gasteiger partial charge in [-0.25, -0.2) is 9.52 Å². The molecular formula is C38H49F2N3O5S. The number of rotatable bonds is 13. The van der Waals surface area contributed by atoms with Gasteiger partial charge in [-0.05, 0) is 137 Å². The van der Waals surface area contributed by atoms with Gasteiger partial charge in [0.15, 0.2) is 6.04 Å². The van der Waals surface area contributed by atoms with Crippen LogP contribution in [0.15, 0.2) is 65.6 Å². The van der Waals surface area contributed by atoms with Crippen molar-refractivity contribution in [3.63, 3.8) is 0 Å². The van der Waals surface area contributed by atoms with E-state index in [1.165, 1.54) is 42.0 Å². The van der Waals surface area contributed by atoms with Crippen LogP contribution in [-0.4, -0.2) is 60.4 Å². The molecule has 1 aliphatic heterocycles. The number of benzene rings is 3. The van der Waals surface area contributed by atoms with Gasteiger partial charge >= 0.3 is 6.09 Å². The summed E-state index contributed by atoms with van der Waals surface area (Å²) in [5.41, 5.74) is -0.920. The highest BCUT2D eigenvalue weighted by Gasteiger charge is 2.48. The molecule has 1 saturated heterocycles. The number of alkyl halides is 2. The number of fused-ring (bicyclic) bond motifs is 1. The summed E-state index contributed by atoms with van der Waals surface area (Å²) >= 11 is 1.01. The average Bonchev–Trinajstić information content (AvgIpc) is 3.57. The number of piperidine rings is 1. The van der Waals surface area contributed by atoms with Gasteiger partial charge in [0, 0.05) is 29.6 Å². The fourth-order valence-electron chi connectivity index (χ4n) is 6.12. The number of alkyl carbamates (subject to hydrolysis) is 1. The summed E-state index contributed by atoms with van der Waals surface area (Å²) in [5, 5.41) is 4.77. The molecular weight excluding hydrogens is 648 g/mol. The first-order chi connectivity index (χ1) is 23.4. The maximum atomic E-state index is 16.4. The first-order valence-electron chi connectivity index (χ1n) is 17.4. The lowest BCUT2D eigenvalue weighted by Crippen LogP contribution is -2.56. The Morgan fingerprint density at radius 1 is 0.918 bits per heavy atom. The fraction of sp³-hybridized carbons (Fsp3) is 0.526. The Hall–Kier alpha value is -3.57. The molecule has 8 nitrogen and oxygen atoms in total. The van der Waals surface area contributed by atoms with E-state index >= 15 is 8.78 Å². The number of ether oxygens (including phenoxy) is 3. The number of carbonyl (C=O) groups is 2. The predicted molar refractivity (Wildman–Crippen MR) is 189 cm³/mol. The number of carbonyl (C=O) groups excluding carboxylic acids is 2. The number of halogens is 2. The molecule has 0 bridgehead atoms. The van der Waals surface area contributed by atoms with Crippen LogP contribution >= 0.6 is 11.9 Å². The Labute approximate surface area is 292 Å². The Bertz CT molecular complexity index is 1550. The van der Waals surface area contributed by atoms with Gasteiger partial charge in [-0.3, -0.25) is 4.79 Å². The fourth-order valence-corrected chi connectivity index (χ4v) is 6.94. The van der Waals surface area contributed by atoms with Crippen LogP contribution in [0.25, 0.3) is 10.8 Å². The third kappa shape index (κ3) is 10.2. The van der Waals surface area contributed by atoms with Crippen molar-refractivity contribution in [3.05, 3.63) is 66.2 Å². The van der Waals surface area contributed by atoms with Gasteiger partial charge < -0.3 is 24.4 Å². The molecule has 49 heavy (non-hydrogen) atoms. The highest BCUT2D eigenvalue weighted by molar-refractivity contribution is 7.97. The standard InChI is InChI=1S/C38H49F2N3O5S/c1-5-6-23-46-30-16-13-28(14-17-30)38(39,40)34(35(44)43-21-19-29(20-22-43)41-36(45)48-37(2,3)4)42-49-33-18-12-26-24-32(15-11-27(26)25-33)47-31-9-7-8-10-31/h11-18,24-25,29,31,34,42H,5-10,19-23H2,1-4H3,(H,41,45). The van der Waals surface area contributed by atoms with Gasteiger partial charge in [0.2, 0.25) is 5.91 Å². The number of nitrogens with one attached hydrogen (secondary N) is 2. The third-order valence-electron chi connectivity index (χ3n) is 8.83. The van der Waals surface area contributed by atoms with Gasteiger partial charge in [0.05, 0.1) is 12.7 Å². The highest BCUT2D eigenvalue weighted by Crippen LogP contribution is 2.37. The second kappa shape index (κ2) is 16.4. The Morgan fingerprint density at radius 3 is 2.24 bits per heavy atom. The molecule has 1 aliphatic carbocycles. The molecule has 0 aromatic heterocycles. The van der Waals surface area contributed by atoms with Crippen LogP contribution in [0, 0.1) is 0 Å². The lowest BCUT2D eigenvalue weighted by Gasteiger charge is -2.36. The number of hydrogen-bond donors (Lipinski definition) is 2. The van der Waals surface area contributed by atoms with Crippen molar-refractivity contribution in [3.8, 4) is 11.5 Å². The van der Waals surface area contributed by atoms with E-state index in [1.54, 1.807) is 20.8 Å². The van der Waals surface area contributed by atoms with Crippen LogP contribution < -0.4 is 19.5 Å². The Morgan fingerprint density at radius 2 is 1.57 bits per heavy atom. The lowest BCUT2D eigenvalue weighted by molar-refractivity contribution is -0.145. The molecule has 1 unspecified atom stereocenters. The van der Waals surface area contributed by atoms with Crippen molar-refractivity contribution in [1.29, 1.82) is 0 Å². The summed E-state index contributed by atoms with van der Waals surface area (Å²) in [5.74, 6) is -2.91. The minimum atomic E-state index is -3.54. The second-order valence-electron chi connectivity index (χ2n) is 13.9. The van der Waals surface area contributed by atoms with Gasteiger partial charge in [0.1, 0.15) is 17.1 Å². The van der Waals surface area contributed by atoms with Crippen molar-refractivity contribution < 1.29 is 32.6 Å². The first kappa shape index (κ1) is 36.7. The zero-order valence-corrected chi connectivity index (χ0v) is 29.8. The van der Waals surface area contributed by atoms with Crippen LogP contribution in [0.5, 0.6) is 11.5 Å². The van der Waals surface area contributed by atoms with Crippen molar-refractivity contribution in [1.82, 2.24) is 14.9 Å². The number of hydrogen-bond acceptors (Lipinski definition) is 7. The molecule has 0 spiro atoms. The summed E-state index contributed by atoms with van der Waals surface area (Å²) < 4.78 is 52.8. The quantitative estimate of drug-likeness (QED) is 0.137. The normalized spacial score (nSPS) is 16.8. The number of likely N-dealkylation sites (tertiary alicyclic amines) is 1. The van der Waals surface area contributed by atoms with Crippen LogP contribution in [0.1, 0.15) is 84.6 Å². The average molecular weight is 698 g/mol. The largest absolute Gasteiger partial charge is 0.494 e. The second-order valence-corrected chi connectivity index (χ2v) is 14.9. The molecule has 3 aromatic carbocycles. The van der Waals surface area contributed by atoms with Gasteiger partial charge in [-0.1, -0.05) is 25.5 Å².